The van der Waals surface area contributed by atoms with E-state index in [0.29, 0.717) is 12.8 Å². The van der Waals surface area contributed by atoms with Gasteiger partial charge in [0.05, 0.1) is 25.4 Å². The number of carbonyl (C=O) groups excluding carboxylic acids is 1. The van der Waals surface area contributed by atoms with Crippen LogP contribution in [0.15, 0.2) is 0 Å². The predicted molar refractivity (Wildman–Crippen MR) is 258 cm³/mol. The summed E-state index contributed by atoms with van der Waals surface area (Å²) in [5, 5.41) is 54.5. The van der Waals surface area contributed by atoms with E-state index in [1.165, 1.54) is 212 Å². The summed E-state index contributed by atoms with van der Waals surface area (Å²) in [6.45, 7) is 3.86. The average molecular weight is 884 g/mol. The fourth-order valence-electron chi connectivity index (χ4n) is 9.11. The first kappa shape index (κ1) is 59.2. The first-order chi connectivity index (χ1) is 30.3. The summed E-state index contributed by atoms with van der Waals surface area (Å²) in [4.78, 5) is 13.0. The number of rotatable bonds is 47. The maximum atomic E-state index is 13.0. The summed E-state index contributed by atoms with van der Waals surface area (Å²) in [6, 6.07) is -0.712. The molecular weight excluding hydrogens is 779 g/mol. The zero-order valence-electron chi connectivity index (χ0n) is 40.9. The third-order valence-corrected chi connectivity index (χ3v) is 13.5. The highest BCUT2D eigenvalue weighted by Crippen LogP contribution is 2.23. The molecule has 0 spiro atoms. The van der Waals surface area contributed by atoms with Crippen LogP contribution in [0.25, 0.3) is 0 Å². The number of hydrogen-bond acceptors (Lipinski definition) is 8. The molecule has 6 N–H and O–H groups in total. The zero-order valence-corrected chi connectivity index (χ0v) is 40.9. The van der Waals surface area contributed by atoms with Crippen LogP contribution >= 0.6 is 0 Å². The van der Waals surface area contributed by atoms with Crippen LogP contribution in [-0.4, -0.2) is 87.5 Å². The van der Waals surface area contributed by atoms with Crippen molar-refractivity contribution in [2.24, 2.45) is 0 Å². The monoisotopic (exact) mass is 884 g/mol. The molecule has 1 fully saturated rings. The molecule has 1 aliphatic rings. The van der Waals surface area contributed by atoms with E-state index in [0.717, 1.165) is 38.5 Å². The van der Waals surface area contributed by atoms with Gasteiger partial charge in [0.15, 0.2) is 6.29 Å². The van der Waals surface area contributed by atoms with Gasteiger partial charge in [-0.15, -0.1) is 0 Å². The smallest absolute Gasteiger partial charge is 0.220 e. The largest absolute Gasteiger partial charge is 0.394 e. The topological polar surface area (TPSA) is 149 Å². The van der Waals surface area contributed by atoms with Crippen LogP contribution < -0.4 is 5.32 Å². The number of aliphatic hydroxyl groups is 5. The molecule has 2 unspecified atom stereocenters. The number of unbranched alkanes of at least 4 members (excludes halogenated alkanes) is 37. The van der Waals surface area contributed by atoms with Crippen molar-refractivity contribution in [1.29, 1.82) is 0 Å². The number of aliphatic hydroxyl groups excluding tert-OH is 5. The summed E-state index contributed by atoms with van der Waals surface area (Å²) in [6.07, 6.45) is 44.2. The third kappa shape index (κ3) is 33.6. The van der Waals surface area contributed by atoms with Crippen molar-refractivity contribution in [3.05, 3.63) is 0 Å². The summed E-state index contributed by atoms with van der Waals surface area (Å²) in [5.41, 5.74) is 0. The van der Waals surface area contributed by atoms with Gasteiger partial charge in [0.1, 0.15) is 24.4 Å². The van der Waals surface area contributed by atoms with Crippen LogP contribution in [0.5, 0.6) is 0 Å². The summed E-state index contributed by atoms with van der Waals surface area (Å²) in [5.74, 6) is -0.138. The van der Waals surface area contributed by atoms with E-state index in [1.54, 1.807) is 0 Å². The number of ether oxygens (including phenoxy) is 2. The van der Waals surface area contributed by atoms with E-state index in [2.05, 4.69) is 19.2 Å². The number of nitrogens with one attached hydrogen (secondary N) is 1. The van der Waals surface area contributed by atoms with Crippen LogP contribution in [-0.2, 0) is 14.3 Å². The molecule has 1 aliphatic heterocycles. The van der Waals surface area contributed by atoms with E-state index < -0.39 is 49.5 Å². The second kappa shape index (κ2) is 44.0. The molecule has 0 radical (unpaired) electrons. The Morgan fingerprint density at radius 1 is 0.484 bits per heavy atom. The fourth-order valence-corrected chi connectivity index (χ4v) is 9.11. The summed E-state index contributed by atoms with van der Waals surface area (Å²) >= 11 is 0. The Bertz CT molecular complexity index is 939. The number of hydrogen-bond donors (Lipinski definition) is 6. The minimum atomic E-state index is -1.55. The van der Waals surface area contributed by atoms with E-state index >= 15 is 0 Å². The lowest BCUT2D eigenvalue weighted by molar-refractivity contribution is -0.302. The lowest BCUT2D eigenvalue weighted by atomic mass is 9.99. The Balaban J connectivity index is 2.14. The van der Waals surface area contributed by atoms with Gasteiger partial charge in [0.2, 0.25) is 5.91 Å². The Morgan fingerprint density at radius 2 is 0.806 bits per heavy atom. The van der Waals surface area contributed by atoms with Crippen molar-refractivity contribution in [2.45, 2.75) is 320 Å². The molecule has 0 saturated carbocycles. The van der Waals surface area contributed by atoms with Gasteiger partial charge in [-0.05, 0) is 12.8 Å². The molecule has 9 heteroatoms. The molecule has 1 saturated heterocycles. The first-order valence-corrected chi connectivity index (χ1v) is 27.2. The van der Waals surface area contributed by atoms with Crippen molar-refractivity contribution >= 4 is 5.91 Å². The van der Waals surface area contributed by atoms with Crippen molar-refractivity contribution in [3.63, 3.8) is 0 Å². The zero-order chi connectivity index (χ0) is 45.1. The van der Waals surface area contributed by atoms with Gasteiger partial charge in [-0.3, -0.25) is 4.79 Å². The molecule has 0 aromatic rings. The van der Waals surface area contributed by atoms with Crippen LogP contribution in [0.4, 0.5) is 0 Å². The van der Waals surface area contributed by atoms with E-state index in [-0.39, 0.29) is 12.5 Å². The van der Waals surface area contributed by atoms with E-state index in [4.69, 9.17) is 9.47 Å². The van der Waals surface area contributed by atoms with Crippen molar-refractivity contribution in [3.8, 4) is 0 Å². The molecule has 1 heterocycles. The Morgan fingerprint density at radius 3 is 1.15 bits per heavy atom. The second-order valence-corrected chi connectivity index (χ2v) is 19.4. The molecule has 62 heavy (non-hydrogen) atoms. The molecule has 1 rings (SSSR count). The van der Waals surface area contributed by atoms with Gasteiger partial charge >= 0.3 is 0 Å². The van der Waals surface area contributed by atoms with Crippen molar-refractivity contribution in [1.82, 2.24) is 5.32 Å². The molecule has 9 nitrogen and oxygen atoms in total. The summed E-state index contributed by atoms with van der Waals surface area (Å²) < 4.78 is 11.3. The molecular formula is C53H105NO8. The quantitative estimate of drug-likeness (QED) is 0.0331. The maximum absolute atomic E-state index is 13.0. The lowest BCUT2D eigenvalue weighted by Crippen LogP contribution is -2.60. The van der Waals surface area contributed by atoms with Gasteiger partial charge in [-0.1, -0.05) is 258 Å². The van der Waals surface area contributed by atoms with Gasteiger partial charge < -0.3 is 40.3 Å². The van der Waals surface area contributed by atoms with Crippen LogP contribution in [0.1, 0.15) is 277 Å². The van der Waals surface area contributed by atoms with Crippen LogP contribution in [0, 0.1) is 0 Å². The summed E-state index contributed by atoms with van der Waals surface area (Å²) in [7, 11) is 0. The Kier molecular flexibility index (Phi) is 42.1. The van der Waals surface area contributed by atoms with Gasteiger partial charge in [-0.25, -0.2) is 0 Å². The molecule has 0 bridgehead atoms. The molecule has 370 valence electrons. The van der Waals surface area contributed by atoms with Crippen molar-refractivity contribution < 1.29 is 39.8 Å². The lowest BCUT2D eigenvalue weighted by Gasteiger charge is -2.40. The molecule has 0 aliphatic carbocycles. The van der Waals surface area contributed by atoms with Crippen LogP contribution in [0.3, 0.4) is 0 Å². The fraction of sp³-hybridized carbons (Fsp3) is 0.981. The average Bonchev–Trinajstić information content (AvgIpc) is 3.27. The molecule has 7 atom stereocenters. The highest BCUT2D eigenvalue weighted by molar-refractivity contribution is 5.76. The first-order valence-electron chi connectivity index (χ1n) is 27.2. The van der Waals surface area contributed by atoms with Crippen LogP contribution in [0.2, 0.25) is 0 Å². The Labute approximate surface area is 383 Å². The van der Waals surface area contributed by atoms with Crippen molar-refractivity contribution in [2.75, 3.05) is 13.2 Å². The maximum Gasteiger partial charge on any atom is 0.220 e. The molecule has 0 aromatic heterocycles. The van der Waals surface area contributed by atoms with E-state index in [9.17, 15) is 30.3 Å². The molecule has 1 amide bonds. The minimum Gasteiger partial charge on any atom is -0.394 e. The second-order valence-electron chi connectivity index (χ2n) is 19.4. The van der Waals surface area contributed by atoms with Gasteiger partial charge in [0, 0.05) is 6.42 Å². The number of carbonyl (C=O) groups is 1. The normalized spacial score (nSPS) is 20.1. The van der Waals surface area contributed by atoms with Gasteiger partial charge in [0.25, 0.3) is 0 Å². The highest BCUT2D eigenvalue weighted by Gasteiger charge is 2.44. The molecule has 0 aromatic carbocycles. The predicted octanol–water partition coefficient (Wildman–Crippen LogP) is 12.7. The minimum absolute atomic E-state index is 0.132. The third-order valence-electron chi connectivity index (χ3n) is 13.5. The Hall–Kier alpha value is -0.810. The standard InChI is InChI=1S/C53H105NO8/c1-3-5-7-9-11-13-15-17-18-19-20-21-22-23-24-25-26-27-28-29-30-31-33-35-37-39-41-43-49(57)54-46(45-61-53-52(60)51(59)50(58)48(44-55)62-53)47(56)42-40-38-36-34-32-16-14-12-10-8-6-4-2/h46-48,50-53,55-56,58-60H,3-45H2,1-2H3,(H,54,57)/t46-,47+,48+,50+,51?,52?,53+/m0/s1. The number of amides is 1. The highest BCUT2D eigenvalue weighted by atomic mass is 16.7. The SMILES string of the molecule is CCCCCCCCCCCCCCCCCCCCCCCCCCCCCC(=O)N[C@@H](CO[C@@H]1O[C@H](CO)[C@@H](O)C(O)C1O)[C@H](O)CCCCCCCCCCCCCC. The van der Waals surface area contributed by atoms with E-state index in [1.807, 2.05) is 0 Å². The van der Waals surface area contributed by atoms with Gasteiger partial charge in [-0.2, -0.15) is 0 Å².